The topological polar surface area (TPSA) is 91.6 Å². The Bertz CT molecular complexity index is 1060. The molecule has 2 fully saturated rings. The van der Waals surface area contributed by atoms with Gasteiger partial charge in [0.1, 0.15) is 0 Å². The number of carbonyl (C=O) groups is 2. The Balaban J connectivity index is 1.53. The number of benzene rings is 1. The van der Waals surface area contributed by atoms with Gasteiger partial charge in [-0.1, -0.05) is 36.4 Å². The van der Waals surface area contributed by atoms with Crippen molar-refractivity contribution in [3.63, 3.8) is 0 Å². The Morgan fingerprint density at radius 1 is 1.13 bits per heavy atom. The van der Waals surface area contributed by atoms with Gasteiger partial charge in [-0.15, -0.1) is 0 Å². The summed E-state index contributed by atoms with van der Waals surface area (Å²) in [4.78, 5) is 41.1. The minimum atomic E-state index is -0.612. The fourth-order valence-corrected chi connectivity index (χ4v) is 5.34. The molecule has 1 aromatic carbocycles. The smallest absolute Gasteiger partial charge is 0.250 e. The molecule has 1 saturated heterocycles. The second kappa shape index (κ2) is 7.64. The predicted molar refractivity (Wildman–Crippen MR) is 114 cm³/mol. The number of hydrogen-bond donors (Lipinski definition) is 2. The summed E-state index contributed by atoms with van der Waals surface area (Å²) in [6, 6.07) is 13.6. The molecule has 7 heteroatoms. The maximum absolute atomic E-state index is 13.5. The quantitative estimate of drug-likeness (QED) is 0.768. The molecule has 0 radical (unpaired) electrons. The molecule has 2 bridgehead atoms. The van der Waals surface area contributed by atoms with Gasteiger partial charge >= 0.3 is 0 Å². The van der Waals surface area contributed by atoms with Crippen molar-refractivity contribution in [2.24, 2.45) is 17.8 Å². The first kappa shape index (κ1) is 20.0. The molecule has 162 valence electrons. The number of rotatable bonds is 5. The van der Waals surface area contributed by atoms with Gasteiger partial charge in [0.15, 0.2) is 0 Å². The fourth-order valence-electron chi connectivity index (χ4n) is 5.34. The average Bonchev–Trinajstić information content (AvgIpc) is 3.59. The van der Waals surface area contributed by atoms with Crippen LogP contribution in [0.4, 0.5) is 0 Å². The molecule has 0 unspecified atom stereocenters. The largest absolute Gasteiger partial charge is 0.396 e. The van der Waals surface area contributed by atoms with E-state index in [0.717, 1.165) is 18.4 Å². The van der Waals surface area contributed by atoms with Gasteiger partial charge in [0.05, 0.1) is 24.0 Å². The summed E-state index contributed by atoms with van der Waals surface area (Å²) in [6.07, 6.45) is 1.73. The minimum absolute atomic E-state index is 0.00335. The van der Waals surface area contributed by atoms with Crippen LogP contribution in [0, 0.1) is 17.8 Å². The van der Waals surface area contributed by atoms with Crippen molar-refractivity contribution in [3.05, 3.63) is 70.1 Å². The minimum Gasteiger partial charge on any atom is -0.396 e. The molecule has 3 aliphatic rings. The fraction of sp³-hybridized carbons (Fsp3) is 0.458. The van der Waals surface area contributed by atoms with Crippen molar-refractivity contribution < 1.29 is 14.7 Å². The summed E-state index contributed by atoms with van der Waals surface area (Å²) in [6.45, 7) is 2.03. The summed E-state index contributed by atoms with van der Waals surface area (Å²) < 4.78 is 1.67. The third-order valence-electron chi connectivity index (χ3n) is 7.06. The van der Waals surface area contributed by atoms with Crippen LogP contribution >= 0.6 is 0 Å². The molecule has 1 aromatic heterocycles. The van der Waals surface area contributed by atoms with Crippen LogP contribution in [0.2, 0.25) is 0 Å². The maximum atomic E-state index is 13.5. The Morgan fingerprint density at radius 2 is 1.87 bits per heavy atom. The number of fused-ring (bicyclic) bond motifs is 4. The van der Waals surface area contributed by atoms with Crippen molar-refractivity contribution >= 4 is 11.8 Å². The van der Waals surface area contributed by atoms with E-state index in [4.69, 9.17) is 0 Å². The molecule has 0 spiro atoms. The van der Waals surface area contributed by atoms with Crippen molar-refractivity contribution in [1.29, 1.82) is 0 Å². The molecule has 31 heavy (non-hydrogen) atoms. The van der Waals surface area contributed by atoms with E-state index in [9.17, 15) is 19.5 Å². The van der Waals surface area contributed by atoms with Gasteiger partial charge in [0.2, 0.25) is 11.8 Å². The van der Waals surface area contributed by atoms with Crippen molar-refractivity contribution in [2.45, 2.75) is 44.4 Å². The van der Waals surface area contributed by atoms with Crippen LogP contribution in [-0.4, -0.2) is 39.0 Å². The van der Waals surface area contributed by atoms with Gasteiger partial charge in [-0.05, 0) is 31.4 Å². The molecule has 5 rings (SSSR count). The first-order chi connectivity index (χ1) is 15.0. The van der Waals surface area contributed by atoms with Crippen molar-refractivity contribution in [1.82, 2.24) is 14.8 Å². The molecule has 1 aliphatic carbocycles. The summed E-state index contributed by atoms with van der Waals surface area (Å²) in [7, 11) is 0. The lowest BCUT2D eigenvalue weighted by atomic mass is 9.86. The van der Waals surface area contributed by atoms with E-state index < -0.39 is 17.9 Å². The molecule has 2 aliphatic heterocycles. The number of nitrogens with one attached hydrogen (secondary N) is 1. The number of aliphatic hydroxyl groups is 1. The molecule has 5 atom stereocenters. The standard InChI is InChI=1S/C24H27N3O4/c1-14(15-6-3-2-4-7-15)25-23(30)21-17(13-28)19-12-26-18(8-5-9-20(26)29)22(21)27(19)24(31)16-10-11-16/h2-9,14,16-17,19,21-22,28H,10-13H2,1H3,(H,25,30)/t14-,17+,19+,21-,22-/m0/s1. The first-order valence-electron chi connectivity index (χ1n) is 11.0. The summed E-state index contributed by atoms with van der Waals surface area (Å²) >= 11 is 0. The van der Waals surface area contributed by atoms with Crippen molar-refractivity contribution in [2.75, 3.05) is 6.61 Å². The van der Waals surface area contributed by atoms with Crippen molar-refractivity contribution in [3.8, 4) is 0 Å². The number of aliphatic hydroxyl groups excluding tert-OH is 1. The van der Waals surface area contributed by atoms with Crippen LogP contribution in [0.1, 0.15) is 43.1 Å². The van der Waals surface area contributed by atoms with Gasteiger partial charge in [0.25, 0.3) is 5.56 Å². The Hall–Kier alpha value is -2.93. The summed E-state index contributed by atoms with van der Waals surface area (Å²) in [5.41, 5.74) is 1.53. The molecule has 2 N–H and O–H groups in total. The molecule has 1 saturated carbocycles. The van der Waals surface area contributed by atoms with E-state index in [1.54, 1.807) is 10.6 Å². The first-order valence-corrected chi connectivity index (χ1v) is 11.0. The van der Waals surface area contributed by atoms with E-state index in [0.29, 0.717) is 12.2 Å². The third kappa shape index (κ3) is 3.28. The molecule has 2 amide bonds. The highest BCUT2D eigenvalue weighted by Gasteiger charge is 2.58. The lowest BCUT2D eigenvalue weighted by Gasteiger charge is -2.38. The zero-order chi connectivity index (χ0) is 21.7. The van der Waals surface area contributed by atoms with Crippen LogP contribution in [0.5, 0.6) is 0 Å². The van der Waals surface area contributed by atoms with Gasteiger partial charge in [-0.2, -0.15) is 0 Å². The number of pyridine rings is 1. The van der Waals surface area contributed by atoms with Crippen LogP contribution in [0.25, 0.3) is 0 Å². The predicted octanol–water partition coefficient (Wildman–Crippen LogP) is 1.63. The second-order valence-corrected chi connectivity index (χ2v) is 8.94. The van der Waals surface area contributed by atoms with Gasteiger partial charge in [-0.3, -0.25) is 14.4 Å². The van der Waals surface area contributed by atoms with E-state index in [-0.39, 0.29) is 42.0 Å². The summed E-state index contributed by atoms with van der Waals surface area (Å²) in [5.74, 6) is -1.19. The average molecular weight is 421 g/mol. The van der Waals surface area contributed by atoms with E-state index in [2.05, 4.69) is 5.32 Å². The second-order valence-electron chi connectivity index (χ2n) is 8.94. The van der Waals surface area contributed by atoms with Crippen LogP contribution < -0.4 is 10.9 Å². The zero-order valence-corrected chi connectivity index (χ0v) is 17.5. The third-order valence-corrected chi connectivity index (χ3v) is 7.06. The number of aromatic nitrogens is 1. The summed E-state index contributed by atoms with van der Waals surface area (Å²) in [5, 5.41) is 13.4. The Morgan fingerprint density at radius 3 is 2.55 bits per heavy atom. The van der Waals surface area contributed by atoms with E-state index in [1.807, 2.05) is 48.2 Å². The Labute approximate surface area is 180 Å². The molecular formula is C24H27N3O4. The monoisotopic (exact) mass is 421 g/mol. The van der Waals surface area contributed by atoms with Crippen LogP contribution in [0.15, 0.2) is 53.3 Å². The Kier molecular flexibility index (Phi) is 4.93. The molecular weight excluding hydrogens is 394 g/mol. The number of carbonyl (C=O) groups excluding carboxylic acids is 2. The highest BCUT2D eigenvalue weighted by atomic mass is 16.3. The number of hydrogen-bond acceptors (Lipinski definition) is 4. The lowest BCUT2D eigenvalue weighted by Crippen LogP contribution is -2.49. The van der Waals surface area contributed by atoms with Gasteiger partial charge < -0.3 is 19.9 Å². The van der Waals surface area contributed by atoms with E-state index in [1.165, 1.54) is 6.07 Å². The number of nitrogens with zero attached hydrogens (tertiary/aromatic N) is 2. The molecule has 2 aromatic rings. The maximum Gasteiger partial charge on any atom is 0.250 e. The van der Waals surface area contributed by atoms with Gasteiger partial charge in [-0.25, -0.2) is 0 Å². The zero-order valence-electron chi connectivity index (χ0n) is 17.5. The highest BCUT2D eigenvalue weighted by molar-refractivity contribution is 5.86. The number of amides is 2. The van der Waals surface area contributed by atoms with Crippen LogP contribution in [0.3, 0.4) is 0 Å². The van der Waals surface area contributed by atoms with Gasteiger partial charge in [0, 0.05) is 36.7 Å². The highest BCUT2D eigenvalue weighted by Crippen LogP contribution is 2.50. The molecule has 3 heterocycles. The molecule has 7 nitrogen and oxygen atoms in total. The SMILES string of the molecule is C[C@H](NC(=O)[C@H]1[C@H](CO)[C@H]2Cn3c(cccc3=O)[C@@H]1N2C(=O)C1CC1)c1ccccc1. The lowest BCUT2D eigenvalue weighted by molar-refractivity contribution is -0.138. The normalized spacial score (nSPS) is 27.5. The van der Waals surface area contributed by atoms with Crippen LogP contribution in [-0.2, 0) is 16.1 Å². The van der Waals surface area contributed by atoms with E-state index >= 15 is 0 Å².